The van der Waals surface area contributed by atoms with Gasteiger partial charge in [0, 0.05) is 5.03 Å². The third kappa shape index (κ3) is 2.01. The average molecular weight is 329 g/mol. The van der Waals surface area contributed by atoms with Crippen LogP contribution < -0.4 is 5.22 Å². The molecule has 24 heavy (non-hydrogen) atoms. The van der Waals surface area contributed by atoms with Crippen LogP contribution in [-0.4, -0.2) is 7.85 Å². The Kier molecular flexibility index (Phi) is 3.15. The molecule has 0 unspecified atom stereocenters. The predicted octanol–water partition coefficient (Wildman–Crippen LogP) is 4.70. The molecule has 2 aliphatic rings. The standard InChI is InChI=1S/C22H18BCl/c23-20-12-6-15-4-10-18-17(13-1-7-16(24)8-2-13)9-3-14-5-11-19(20)22(15)21(14)18/h1,3-5,7,9-11H,2,6,8,12,23H2. The second kappa shape index (κ2) is 5.26. The van der Waals surface area contributed by atoms with Gasteiger partial charge in [0.2, 0.25) is 0 Å². The molecule has 0 spiro atoms. The summed E-state index contributed by atoms with van der Waals surface area (Å²) in [7, 11) is 2.28. The van der Waals surface area contributed by atoms with Crippen molar-refractivity contribution in [2.75, 3.05) is 0 Å². The number of allylic oxidation sites excluding steroid dienone is 4. The average Bonchev–Trinajstić information content (AvgIpc) is 2.62. The zero-order chi connectivity index (χ0) is 16.3. The summed E-state index contributed by atoms with van der Waals surface area (Å²) >= 11 is 6.15. The van der Waals surface area contributed by atoms with Crippen molar-refractivity contribution in [2.45, 2.75) is 25.7 Å². The molecule has 5 rings (SSSR count). The van der Waals surface area contributed by atoms with Crippen LogP contribution >= 0.6 is 11.6 Å². The fraction of sp³-hybridized carbons (Fsp3) is 0.182. The highest BCUT2D eigenvalue weighted by Crippen LogP contribution is 2.37. The summed E-state index contributed by atoms with van der Waals surface area (Å²) in [6, 6.07) is 13.9. The van der Waals surface area contributed by atoms with Crippen molar-refractivity contribution < 1.29 is 0 Å². The molecule has 0 fully saturated rings. The maximum absolute atomic E-state index is 6.15. The summed E-state index contributed by atoms with van der Waals surface area (Å²) in [6.45, 7) is 0. The number of benzene rings is 3. The largest absolute Gasteiger partial charge is 0.134 e. The van der Waals surface area contributed by atoms with Gasteiger partial charge in [-0.25, -0.2) is 0 Å². The molecule has 0 aliphatic heterocycles. The van der Waals surface area contributed by atoms with Crippen LogP contribution in [0, 0.1) is 0 Å². The van der Waals surface area contributed by atoms with Crippen LogP contribution in [0.5, 0.6) is 0 Å². The van der Waals surface area contributed by atoms with Gasteiger partial charge in [-0.15, -0.1) is 5.47 Å². The van der Waals surface area contributed by atoms with Crippen molar-refractivity contribution in [3.05, 3.63) is 69.9 Å². The zero-order valence-corrected chi connectivity index (χ0v) is 14.6. The van der Waals surface area contributed by atoms with Gasteiger partial charge in [-0.2, -0.15) is 0 Å². The topological polar surface area (TPSA) is 0 Å². The number of hydrogen-bond acceptors (Lipinski definition) is 0. The molecule has 0 aromatic heterocycles. The highest BCUT2D eigenvalue weighted by Gasteiger charge is 2.17. The molecule has 3 aromatic carbocycles. The van der Waals surface area contributed by atoms with Crippen LogP contribution in [0.15, 0.2) is 53.6 Å². The highest BCUT2D eigenvalue weighted by atomic mass is 35.5. The second-order valence-corrected chi connectivity index (χ2v) is 7.54. The van der Waals surface area contributed by atoms with Gasteiger partial charge in [0.15, 0.2) is 0 Å². The molecule has 0 radical (unpaired) electrons. The summed E-state index contributed by atoms with van der Waals surface area (Å²) < 4.78 is 0. The second-order valence-electron chi connectivity index (χ2n) is 7.06. The van der Waals surface area contributed by atoms with Crippen LogP contribution in [0.2, 0.25) is 0 Å². The lowest BCUT2D eigenvalue weighted by molar-refractivity contribution is 1.03. The molecular weight excluding hydrogens is 311 g/mol. The van der Waals surface area contributed by atoms with E-state index in [0.717, 1.165) is 17.9 Å². The third-order valence-electron chi connectivity index (χ3n) is 5.67. The molecule has 0 nitrogen and oxygen atoms in total. The van der Waals surface area contributed by atoms with Gasteiger partial charge >= 0.3 is 0 Å². The first kappa shape index (κ1) is 14.4. The molecule has 2 aliphatic carbocycles. The lowest BCUT2D eigenvalue weighted by Gasteiger charge is -2.20. The van der Waals surface area contributed by atoms with Gasteiger partial charge in [0.1, 0.15) is 7.85 Å². The fourth-order valence-electron chi connectivity index (χ4n) is 4.36. The maximum Gasteiger partial charge on any atom is 0.134 e. The van der Waals surface area contributed by atoms with E-state index in [1.807, 2.05) is 0 Å². The van der Waals surface area contributed by atoms with Gasteiger partial charge < -0.3 is 0 Å². The van der Waals surface area contributed by atoms with E-state index < -0.39 is 0 Å². The molecule has 0 saturated carbocycles. The molecule has 0 atom stereocenters. The van der Waals surface area contributed by atoms with Crippen molar-refractivity contribution in [1.29, 1.82) is 0 Å². The zero-order valence-electron chi connectivity index (χ0n) is 13.8. The Hall–Kier alpha value is -1.99. The van der Waals surface area contributed by atoms with Gasteiger partial charge in [-0.05, 0) is 75.2 Å². The number of hydrogen-bond donors (Lipinski definition) is 0. The molecule has 0 N–H and O–H groups in total. The van der Waals surface area contributed by atoms with Crippen LogP contribution in [0.4, 0.5) is 0 Å². The van der Waals surface area contributed by atoms with Gasteiger partial charge in [0.05, 0.1) is 0 Å². The lowest BCUT2D eigenvalue weighted by atomic mass is 9.79. The van der Waals surface area contributed by atoms with E-state index in [2.05, 4.69) is 56.4 Å². The minimum atomic E-state index is 0.950. The molecular formula is C22H18BCl. The molecule has 116 valence electrons. The van der Waals surface area contributed by atoms with E-state index >= 15 is 0 Å². The Bertz CT molecular complexity index is 1120. The SMILES string of the molecule is BC1=c2ccc3ccc(C4=CC=C(Cl)CC4)c4ccc(c2c34)CC1. The smallest absolute Gasteiger partial charge is 0.102 e. The van der Waals surface area contributed by atoms with E-state index in [1.165, 1.54) is 61.8 Å². The maximum atomic E-state index is 6.15. The number of aryl methyl sites for hydroxylation is 1. The van der Waals surface area contributed by atoms with E-state index in [0.29, 0.717) is 0 Å². The van der Waals surface area contributed by atoms with Crippen LogP contribution in [0.25, 0.3) is 32.6 Å². The minimum absolute atomic E-state index is 0.950. The summed E-state index contributed by atoms with van der Waals surface area (Å²) in [6.07, 6.45) is 8.58. The summed E-state index contributed by atoms with van der Waals surface area (Å²) in [5.74, 6) is 0. The van der Waals surface area contributed by atoms with Gasteiger partial charge in [0.25, 0.3) is 0 Å². The van der Waals surface area contributed by atoms with Crippen molar-refractivity contribution >= 4 is 52.0 Å². The molecule has 3 aromatic rings. The highest BCUT2D eigenvalue weighted by molar-refractivity contribution is 6.39. The molecule has 0 bridgehead atoms. The Morgan fingerprint density at radius 1 is 0.792 bits per heavy atom. The number of halogens is 1. The Morgan fingerprint density at radius 3 is 2.50 bits per heavy atom. The monoisotopic (exact) mass is 328 g/mol. The van der Waals surface area contributed by atoms with Crippen LogP contribution in [-0.2, 0) is 6.42 Å². The first-order valence-corrected chi connectivity index (χ1v) is 9.12. The minimum Gasteiger partial charge on any atom is -0.102 e. The molecule has 2 heteroatoms. The quantitative estimate of drug-likeness (QED) is 0.568. The Balaban J connectivity index is 1.92. The van der Waals surface area contributed by atoms with Crippen LogP contribution in [0.1, 0.15) is 30.4 Å². The normalized spacial score (nSPS) is 17.3. The summed E-state index contributed by atoms with van der Waals surface area (Å²) in [4.78, 5) is 0. The van der Waals surface area contributed by atoms with Crippen molar-refractivity contribution in [1.82, 2.24) is 0 Å². The Morgan fingerprint density at radius 2 is 1.67 bits per heavy atom. The van der Waals surface area contributed by atoms with Crippen molar-refractivity contribution in [3.8, 4) is 0 Å². The summed E-state index contributed by atoms with van der Waals surface area (Å²) in [5, 5.41) is 8.09. The van der Waals surface area contributed by atoms with E-state index in [-0.39, 0.29) is 0 Å². The number of rotatable bonds is 1. The predicted molar refractivity (Wildman–Crippen MR) is 108 cm³/mol. The molecule has 0 heterocycles. The van der Waals surface area contributed by atoms with Crippen LogP contribution in [0.3, 0.4) is 0 Å². The first-order valence-electron chi connectivity index (χ1n) is 8.75. The summed E-state index contributed by atoms with van der Waals surface area (Å²) in [5.41, 5.74) is 5.80. The first-order chi connectivity index (χ1) is 11.7. The molecule has 0 saturated heterocycles. The van der Waals surface area contributed by atoms with Crippen molar-refractivity contribution in [2.24, 2.45) is 0 Å². The van der Waals surface area contributed by atoms with Gasteiger partial charge in [-0.3, -0.25) is 0 Å². The lowest BCUT2D eigenvalue weighted by Crippen LogP contribution is -2.15. The van der Waals surface area contributed by atoms with E-state index in [9.17, 15) is 0 Å². The third-order valence-corrected chi connectivity index (χ3v) is 5.99. The fourth-order valence-corrected chi connectivity index (χ4v) is 4.51. The van der Waals surface area contributed by atoms with E-state index in [1.54, 1.807) is 0 Å². The Labute approximate surface area is 147 Å². The van der Waals surface area contributed by atoms with Gasteiger partial charge in [-0.1, -0.05) is 54.1 Å². The molecule has 0 amide bonds. The van der Waals surface area contributed by atoms with Crippen molar-refractivity contribution in [3.63, 3.8) is 0 Å². The van der Waals surface area contributed by atoms with E-state index in [4.69, 9.17) is 11.6 Å².